The Labute approximate surface area is 142 Å². The van der Waals surface area contributed by atoms with E-state index in [2.05, 4.69) is 5.32 Å². The molecule has 2 fully saturated rings. The van der Waals surface area contributed by atoms with Crippen molar-refractivity contribution in [2.75, 3.05) is 6.54 Å². The minimum absolute atomic E-state index is 0.158. The predicted octanol–water partition coefficient (Wildman–Crippen LogP) is 1.72. The Morgan fingerprint density at radius 1 is 1.29 bits per heavy atom. The number of carbonyl (C=O) groups excluding carboxylic acids is 2. The third kappa shape index (κ3) is 4.81. The molecule has 0 aromatic heterocycles. The maximum Gasteiger partial charge on any atom is 0.407 e. The summed E-state index contributed by atoms with van der Waals surface area (Å²) in [5.74, 6) is -0.385. The highest BCUT2D eigenvalue weighted by atomic mass is 32.3. The van der Waals surface area contributed by atoms with Crippen LogP contribution >= 0.6 is 0 Å². The molecule has 9 heteroatoms. The number of carbonyl (C=O) groups is 2. The van der Waals surface area contributed by atoms with Crippen LogP contribution in [0.25, 0.3) is 0 Å². The van der Waals surface area contributed by atoms with Gasteiger partial charge in [-0.3, -0.25) is 4.79 Å². The number of ether oxygens (including phenoxy) is 1. The Morgan fingerprint density at radius 2 is 1.92 bits per heavy atom. The van der Waals surface area contributed by atoms with Gasteiger partial charge in [-0.1, -0.05) is 12.8 Å². The first-order chi connectivity index (χ1) is 11.0. The largest absolute Gasteiger partial charge is 0.444 e. The van der Waals surface area contributed by atoms with Gasteiger partial charge in [0.25, 0.3) is 0 Å². The van der Waals surface area contributed by atoms with Gasteiger partial charge < -0.3 is 15.0 Å². The second kappa shape index (κ2) is 6.85. The van der Waals surface area contributed by atoms with Crippen molar-refractivity contribution in [2.45, 2.75) is 75.8 Å². The van der Waals surface area contributed by atoms with Gasteiger partial charge in [0.1, 0.15) is 10.9 Å². The van der Waals surface area contributed by atoms with E-state index in [9.17, 15) is 21.9 Å². The van der Waals surface area contributed by atoms with Crippen molar-refractivity contribution in [2.24, 2.45) is 0 Å². The van der Waals surface area contributed by atoms with Gasteiger partial charge in [-0.2, -0.15) is 8.42 Å². The van der Waals surface area contributed by atoms with Crippen molar-refractivity contribution < 1.29 is 26.6 Å². The van der Waals surface area contributed by atoms with Crippen molar-refractivity contribution in [3.8, 4) is 0 Å². The van der Waals surface area contributed by atoms with Gasteiger partial charge in [0.15, 0.2) is 0 Å². The third-order valence-corrected chi connectivity index (χ3v) is 5.47. The van der Waals surface area contributed by atoms with E-state index in [4.69, 9.17) is 4.74 Å². The number of hydrogen-bond acceptors (Lipinski definition) is 5. The molecule has 1 aliphatic carbocycles. The molecule has 138 valence electrons. The molecule has 3 unspecified atom stereocenters. The molecule has 1 saturated carbocycles. The molecule has 0 aromatic carbocycles. The minimum atomic E-state index is -4.75. The number of nitrogens with one attached hydrogen (secondary N) is 1. The van der Waals surface area contributed by atoms with Crippen molar-refractivity contribution in [1.82, 2.24) is 10.2 Å². The van der Waals surface area contributed by atoms with E-state index in [1.54, 1.807) is 20.8 Å². The van der Waals surface area contributed by atoms with Gasteiger partial charge >= 0.3 is 16.3 Å². The van der Waals surface area contributed by atoms with Crippen LogP contribution in [0, 0.1) is 0 Å². The summed E-state index contributed by atoms with van der Waals surface area (Å²) in [5.41, 5.74) is -0.634. The molecular weight excluding hydrogens is 339 g/mol. The number of hydrogen-bond donors (Lipinski definition) is 1. The molecule has 7 nitrogen and oxygen atoms in total. The normalized spacial score (nSPS) is 28.8. The van der Waals surface area contributed by atoms with Crippen LogP contribution in [-0.2, 0) is 19.8 Å². The van der Waals surface area contributed by atoms with Crippen molar-refractivity contribution in [3.63, 3.8) is 0 Å². The van der Waals surface area contributed by atoms with Gasteiger partial charge in [0.2, 0.25) is 5.91 Å². The molecule has 2 aliphatic rings. The van der Waals surface area contributed by atoms with Gasteiger partial charge in [-0.15, -0.1) is 3.89 Å². The summed E-state index contributed by atoms with van der Waals surface area (Å²) < 4.78 is 40.6. The van der Waals surface area contributed by atoms with Crippen molar-refractivity contribution >= 4 is 22.2 Å². The average Bonchev–Trinajstić information content (AvgIpc) is 2.79. The summed E-state index contributed by atoms with van der Waals surface area (Å²) in [6.07, 6.45) is 2.17. The Morgan fingerprint density at radius 3 is 2.46 bits per heavy atom. The molecule has 0 spiro atoms. The van der Waals surface area contributed by atoms with Crippen molar-refractivity contribution in [3.05, 3.63) is 0 Å². The molecule has 1 aliphatic heterocycles. The first-order valence-electron chi connectivity index (χ1n) is 8.20. The van der Waals surface area contributed by atoms with Gasteiger partial charge in [0, 0.05) is 13.0 Å². The number of rotatable bonds is 3. The zero-order chi connectivity index (χ0) is 18.1. The molecule has 24 heavy (non-hydrogen) atoms. The SMILES string of the molecule is CC(C)(C)OC(=O)NC1CCCCC1N1CC(S(=O)(=O)F)CC1=O. The monoisotopic (exact) mass is 364 g/mol. The summed E-state index contributed by atoms with van der Waals surface area (Å²) >= 11 is 0. The quantitative estimate of drug-likeness (QED) is 0.770. The first kappa shape index (κ1) is 19.0. The highest BCUT2D eigenvalue weighted by Gasteiger charge is 2.44. The zero-order valence-corrected chi connectivity index (χ0v) is 15.1. The van der Waals surface area contributed by atoms with Crippen LogP contribution in [0.3, 0.4) is 0 Å². The predicted molar refractivity (Wildman–Crippen MR) is 85.6 cm³/mol. The van der Waals surface area contributed by atoms with E-state index in [0.717, 1.165) is 12.8 Å². The highest BCUT2D eigenvalue weighted by Crippen LogP contribution is 2.29. The lowest BCUT2D eigenvalue weighted by Gasteiger charge is -2.38. The fourth-order valence-electron chi connectivity index (χ4n) is 3.32. The highest BCUT2D eigenvalue weighted by molar-refractivity contribution is 7.87. The van der Waals surface area contributed by atoms with Crippen LogP contribution in [0.5, 0.6) is 0 Å². The molecular formula is C15H25FN2O5S. The third-order valence-electron chi connectivity index (χ3n) is 4.35. The number of nitrogens with zero attached hydrogens (tertiary/aromatic N) is 1. The Hall–Kier alpha value is -1.38. The summed E-state index contributed by atoms with van der Waals surface area (Å²) in [4.78, 5) is 25.5. The zero-order valence-electron chi connectivity index (χ0n) is 14.2. The van der Waals surface area contributed by atoms with Gasteiger partial charge in [0.05, 0.1) is 12.1 Å². The summed E-state index contributed by atoms with van der Waals surface area (Å²) in [7, 11) is -4.75. The Kier molecular flexibility index (Phi) is 5.41. The van der Waals surface area contributed by atoms with Crippen LogP contribution in [0.2, 0.25) is 0 Å². The van der Waals surface area contributed by atoms with Crippen LogP contribution < -0.4 is 5.32 Å². The lowest BCUT2D eigenvalue weighted by molar-refractivity contribution is -0.130. The second-order valence-electron chi connectivity index (χ2n) is 7.45. The van der Waals surface area contributed by atoms with E-state index in [1.165, 1.54) is 4.90 Å². The number of alkyl carbamates (subject to hydrolysis) is 1. The maximum atomic E-state index is 13.2. The molecule has 2 rings (SSSR count). The maximum absolute atomic E-state index is 13.2. The van der Waals surface area contributed by atoms with Gasteiger partial charge in [-0.05, 0) is 33.6 Å². The summed E-state index contributed by atoms with van der Waals surface area (Å²) in [5, 5.41) is 1.47. The smallest absolute Gasteiger partial charge is 0.407 e. The molecule has 3 atom stereocenters. The van der Waals surface area contributed by atoms with Gasteiger partial charge in [-0.25, -0.2) is 4.79 Å². The lowest BCUT2D eigenvalue weighted by Crippen LogP contribution is -2.54. The molecule has 0 bridgehead atoms. The summed E-state index contributed by atoms with van der Waals surface area (Å²) in [6.45, 7) is 5.11. The van der Waals surface area contributed by atoms with Crippen molar-refractivity contribution in [1.29, 1.82) is 0 Å². The number of halogens is 1. The van der Waals surface area contributed by atoms with Crippen LogP contribution in [-0.4, -0.2) is 54.8 Å². The number of amides is 2. The molecule has 1 saturated heterocycles. The van der Waals surface area contributed by atoms with E-state index >= 15 is 0 Å². The average molecular weight is 364 g/mol. The second-order valence-corrected chi connectivity index (χ2v) is 9.07. The molecule has 0 radical (unpaired) electrons. The van der Waals surface area contributed by atoms with Crippen LogP contribution in [0.4, 0.5) is 8.68 Å². The standard InChI is InChI=1S/C15H25FN2O5S/c1-15(2,3)23-14(20)17-11-6-4-5-7-12(11)18-9-10(8-13(18)19)24(16,21)22/h10-12H,4-9H2,1-3H3,(H,17,20). The lowest BCUT2D eigenvalue weighted by atomic mass is 9.89. The Bertz CT molecular complexity index is 601. The molecule has 1 N–H and O–H groups in total. The van der Waals surface area contributed by atoms with Crippen LogP contribution in [0.15, 0.2) is 0 Å². The topological polar surface area (TPSA) is 92.8 Å². The van der Waals surface area contributed by atoms with E-state index < -0.39 is 27.2 Å². The Balaban J connectivity index is 2.07. The van der Waals surface area contributed by atoms with E-state index in [0.29, 0.717) is 12.8 Å². The molecule has 2 amide bonds. The van der Waals surface area contributed by atoms with E-state index in [1.807, 2.05) is 0 Å². The minimum Gasteiger partial charge on any atom is -0.444 e. The first-order valence-corrected chi connectivity index (χ1v) is 9.64. The molecule has 0 aromatic rings. The fraction of sp³-hybridized carbons (Fsp3) is 0.867. The molecule has 1 heterocycles. The van der Waals surface area contributed by atoms with E-state index in [-0.39, 0.29) is 31.0 Å². The summed E-state index contributed by atoms with van der Waals surface area (Å²) in [6, 6.07) is -0.649. The number of likely N-dealkylation sites (tertiary alicyclic amines) is 1. The fourth-order valence-corrected chi connectivity index (χ4v) is 4.00. The van der Waals surface area contributed by atoms with Crippen LogP contribution in [0.1, 0.15) is 52.9 Å².